The summed E-state index contributed by atoms with van der Waals surface area (Å²) in [5.74, 6) is -0.180. The molecule has 0 aliphatic rings. The lowest BCUT2D eigenvalue weighted by atomic mass is 9.83. The van der Waals surface area contributed by atoms with E-state index in [0.29, 0.717) is 11.4 Å². The van der Waals surface area contributed by atoms with E-state index in [1.54, 1.807) is 24.3 Å². The molecule has 2 rings (SSSR count). The summed E-state index contributed by atoms with van der Waals surface area (Å²) in [5, 5.41) is 5.76. The molecule has 0 unspecified atom stereocenters. The molecule has 4 heteroatoms. The van der Waals surface area contributed by atoms with Crippen LogP contribution < -0.4 is 10.6 Å². The summed E-state index contributed by atoms with van der Waals surface area (Å²) in [7, 11) is 0. The van der Waals surface area contributed by atoms with Crippen molar-refractivity contribution in [3.8, 4) is 0 Å². The number of hydrogen-bond acceptors (Lipinski definition) is 2. The smallest absolute Gasteiger partial charge is 0.234 e. The SMILES string of the molecule is CC(C)C(=O)Nc1ccc(NC(=O)C(C)(C)c2ccccc2)cc1. The quantitative estimate of drug-likeness (QED) is 0.866. The average molecular weight is 324 g/mol. The van der Waals surface area contributed by atoms with Gasteiger partial charge in [-0.1, -0.05) is 44.2 Å². The third kappa shape index (κ3) is 4.22. The molecular weight excluding hydrogens is 300 g/mol. The normalized spacial score (nSPS) is 11.2. The van der Waals surface area contributed by atoms with E-state index in [0.717, 1.165) is 5.56 Å². The largest absolute Gasteiger partial charge is 0.326 e. The third-order valence-electron chi connectivity index (χ3n) is 4.00. The van der Waals surface area contributed by atoms with Gasteiger partial charge in [-0.25, -0.2) is 0 Å². The number of benzene rings is 2. The molecule has 0 saturated carbocycles. The summed E-state index contributed by atoms with van der Waals surface area (Å²) >= 11 is 0. The first kappa shape index (κ1) is 17.7. The molecular formula is C20H24N2O2. The Balaban J connectivity index is 2.05. The molecule has 2 aromatic carbocycles. The summed E-state index contributed by atoms with van der Waals surface area (Å²) in [4.78, 5) is 24.3. The molecule has 0 radical (unpaired) electrons. The van der Waals surface area contributed by atoms with Gasteiger partial charge in [0.15, 0.2) is 0 Å². The van der Waals surface area contributed by atoms with Gasteiger partial charge in [-0.3, -0.25) is 9.59 Å². The van der Waals surface area contributed by atoms with Crippen LogP contribution in [-0.2, 0) is 15.0 Å². The van der Waals surface area contributed by atoms with Crippen LogP contribution in [0.1, 0.15) is 33.3 Å². The number of nitrogens with one attached hydrogen (secondary N) is 2. The van der Waals surface area contributed by atoms with E-state index in [-0.39, 0.29) is 17.7 Å². The lowest BCUT2D eigenvalue weighted by Crippen LogP contribution is -2.34. The predicted octanol–water partition coefficient (Wildman–Crippen LogP) is 4.20. The molecule has 0 bridgehead atoms. The summed E-state index contributed by atoms with van der Waals surface area (Å²) in [5.41, 5.74) is 1.75. The Labute approximate surface area is 143 Å². The fraction of sp³-hybridized carbons (Fsp3) is 0.300. The molecule has 2 N–H and O–H groups in total. The van der Waals surface area contributed by atoms with E-state index in [1.165, 1.54) is 0 Å². The van der Waals surface area contributed by atoms with Crippen LogP contribution in [-0.4, -0.2) is 11.8 Å². The minimum atomic E-state index is -0.633. The molecule has 0 aliphatic carbocycles. The zero-order valence-electron chi connectivity index (χ0n) is 14.6. The zero-order chi connectivity index (χ0) is 17.7. The van der Waals surface area contributed by atoms with Crippen molar-refractivity contribution in [1.29, 1.82) is 0 Å². The maximum Gasteiger partial charge on any atom is 0.234 e. The number of rotatable bonds is 5. The molecule has 4 nitrogen and oxygen atoms in total. The summed E-state index contributed by atoms with van der Waals surface area (Å²) < 4.78 is 0. The van der Waals surface area contributed by atoms with Crippen molar-refractivity contribution in [1.82, 2.24) is 0 Å². The molecule has 0 saturated heterocycles. The number of hydrogen-bond donors (Lipinski definition) is 2. The Morgan fingerprint density at radius 1 is 0.833 bits per heavy atom. The van der Waals surface area contributed by atoms with E-state index in [1.807, 2.05) is 58.0 Å². The van der Waals surface area contributed by atoms with Crippen LogP contribution in [0.15, 0.2) is 54.6 Å². The van der Waals surface area contributed by atoms with Gasteiger partial charge in [-0.05, 0) is 43.7 Å². The molecule has 24 heavy (non-hydrogen) atoms. The highest BCUT2D eigenvalue weighted by Gasteiger charge is 2.29. The highest BCUT2D eigenvalue weighted by atomic mass is 16.2. The lowest BCUT2D eigenvalue weighted by Gasteiger charge is -2.24. The van der Waals surface area contributed by atoms with Crippen LogP contribution in [0.5, 0.6) is 0 Å². The van der Waals surface area contributed by atoms with Gasteiger partial charge >= 0.3 is 0 Å². The van der Waals surface area contributed by atoms with Crippen molar-refractivity contribution in [2.75, 3.05) is 10.6 Å². The second kappa shape index (κ2) is 7.30. The minimum Gasteiger partial charge on any atom is -0.326 e. The van der Waals surface area contributed by atoms with Crippen LogP contribution in [0.25, 0.3) is 0 Å². The first-order chi connectivity index (χ1) is 11.3. The Morgan fingerprint density at radius 3 is 1.83 bits per heavy atom. The molecule has 0 fully saturated rings. The second-order valence-corrected chi connectivity index (χ2v) is 6.67. The number of anilines is 2. The van der Waals surface area contributed by atoms with Crippen LogP contribution in [0.4, 0.5) is 11.4 Å². The topological polar surface area (TPSA) is 58.2 Å². The van der Waals surface area contributed by atoms with E-state index in [4.69, 9.17) is 0 Å². The van der Waals surface area contributed by atoms with Gasteiger partial charge in [-0.15, -0.1) is 0 Å². The van der Waals surface area contributed by atoms with Gasteiger partial charge in [-0.2, -0.15) is 0 Å². The summed E-state index contributed by atoms with van der Waals surface area (Å²) in [6, 6.07) is 16.8. The van der Waals surface area contributed by atoms with Gasteiger partial charge in [0.05, 0.1) is 5.41 Å². The summed E-state index contributed by atoms with van der Waals surface area (Å²) in [6.45, 7) is 7.48. The van der Waals surface area contributed by atoms with Crippen molar-refractivity contribution >= 4 is 23.2 Å². The highest BCUT2D eigenvalue weighted by Crippen LogP contribution is 2.25. The molecule has 126 valence electrons. The van der Waals surface area contributed by atoms with Crippen LogP contribution in [0.2, 0.25) is 0 Å². The molecule has 2 amide bonds. The Bertz CT molecular complexity index is 704. The zero-order valence-corrected chi connectivity index (χ0v) is 14.6. The molecule has 2 aromatic rings. The number of carbonyl (C=O) groups is 2. The van der Waals surface area contributed by atoms with Crippen LogP contribution >= 0.6 is 0 Å². The number of carbonyl (C=O) groups excluding carboxylic acids is 2. The van der Waals surface area contributed by atoms with Crippen molar-refractivity contribution in [3.63, 3.8) is 0 Å². The fourth-order valence-corrected chi connectivity index (χ4v) is 2.20. The van der Waals surface area contributed by atoms with Crippen molar-refractivity contribution < 1.29 is 9.59 Å². The average Bonchev–Trinajstić information content (AvgIpc) is 2.57. The van der Waals surface area contributed by atoms with Crippen LogP contribution in [0, 0.1) is 5.92 Å². The Kier molecular flexibility index (Phi) is 5.39. The molecule has 0 heterocycles. The van der Waals surface area contributed by atoms with Crippen molar-refractivity contribution in [3.05, 3.63) is 60.2 Å². The maximum atomic E-state index is 12.6. The third-order valence-corrected chi connectivity index (χ3v) is 4.00. The maximum absolute atomic E-state index is 12.6. The molecule has 0 atom stereocenters. The lowest BCUT2D eigenvalue weighted by molar-refractivity contribution is -0.120. The number of amides is 2. The predicted molar refractivity (Wildman–Crippen MR) is 98.0 cm³/mol. The summed E-state index contributed by atoms with van der Waals surface area (Å²) in [6.07, 6.45) is 0. The second-order valence-electron chi connectivity index (χ2n) is 6.67. The first-order valence-electron chi connectivity index (χ1n) is 8.08. The van der Waals surface area contributed by atoms with Gasteiger partial charge in [0.25, 0.3) is 0 Å². The van der Waals surface area contributed by atoms with Gasteiger partial charge in [0.1, 0.15) is 0 Å². The van der Waals surface area contributed by atoms with Crippen LogP contribution in [0.3, 0.4) is 0 Å². The van der Waals surface area contributed by atoms with Gasteiger partial charge in [0.2, 0.25) is 11.8 Å². The monoisotopic (exact) mass is 324 g/mol. The van der Waals surface area contributed by atoms with Gasteiger partial charge in [0, 0.05) is 17.3 Å². The Hall–Kier alpha value is -2.62. The molecule has 0 spiro atoms. The van der Waals surface area contributed by atoms with E-state index in [9.17, 15) is 9.59 Å². The van der Waals surface area contributed by atoms with Gasteiger partial charge < -0.3 is 10.6 Å². The molecule has 0 aromatic heterocycles. The highest BCUT2D eigenvalue weighted by molar-refractivity contribution is 5.99. The first-order valence-corrected chi connectivity index (χ1v) is 8.08. The fourth-order valence-electron chi connectivity index (χ4n) is 2.20. The van der Waals surface area contributed by atoms with Crippen molar-refractivity contribution in [2.24, 2.45) is 5.92 Å². The molecule has 0 aliphatic heterocycles. The minimum absolute atomic E-state index is 0.0306. The van der Waals surface area contributed by atoms with Crippen molar-refractivity contribution in [2.45, 2.75) is 33.1 Å². The van der Waals surface area contributed by atoms with E-state index >= 15 is 0 Å². The standard InChI is InChI=1S/C20H24N2O2/c1-14(2)18(23)21-16-10-12-17(13-11-16)22-19(24)20(3,4)15-8-6-5-7-9-15/h5-14H,1-4H3,(H,21,23)(H,22,24). The van der Waals surface area contributed by atoms with E-state index < -0.39 is 5.41 Å². The Morgan fingerprint density at radius 2 is 1.33 bits per heavy atom. The van der Waals surface area contributed by atoms with E-state index in [2.05, 4.69) is 10.6 Å².